The SMILES string of the molecule is C=C(CCC(=O)N(C)C)Nc1ccc(OC)cc1C(=C)N1C[C@H](C)C[C@H](C)C1. The lowest BCUT2D eigenvalue weighted by atomic mass is 9.91. The molecule has 1 fully saturated rings. The largest absolute Gasteiger partial charge is 0.497 e. The second-order valence-corrected chi connectivity index (χ2v) is 8.23. The quantitative estimate of drug-likeness (QED) is 0.719. The number of amides is 1. The van der Waals surface area contributed by atoms with Crippen LogP contribution in [0.2, 0.25) is 0 Å². The summed E-state index contributed by atoms with van der Waals surface area (Å²) in [5, 5.41) is 3.39. The number of nitrogens with zero attached hydrogens (tertiary/aromatic N) is 2. The Balaban J connectivity index is 2.17. The van der Waals surface area contributed by atoms with Crippen molar-refractivity contribution in [2.24, 2.45) is 11.8 Å². The molecule has 0 radical (unpaired) electrons. The van der Waals surface area contributed by atoms with Crippen molar-refractivity contribution in [2.75, 3.05) is 39.6 Å². The lowest BCUT2D eigenvalue weighted by Gasteiger charge is -2.38. The molecule has 2 rings (SSSR count). The van der Waals surface area contributed by atoms with Crippen LogP contribution < -0.4 is 10.1 Å². The van der Waals surface area contributed by atoms with E-state index in [2.05, 4.69) is 37.2 Å². The van der Waals surface area contributed by atoms with Gasteiger partial charge < -0.3 is 19.9 Å². The fourth-order valence-corrected chi connectivity index (χ4v) is 3.79. The van der Waals surface area contributed by atoms with E-state index >= 15 is 0 Å². The first-order chi connectivity index (χ1) is 13.2. The van der Waals surface area contributed by atoms with E-state index in [0.29, 0.717) is 24.7 Å². The molecule has 5 nitrogen and oxygen atoms in total. The standard InChI is InChI=1S/C23H35N3O2/c1-16-12-17(2)15-26(14-16)19(4)21-13-20(28-7)9-10-22(21)24-18(3)8-11-23(27)25(5)6/h9-10,13,16-17,24H,3-4,8,11-12,14-15H2,1-2,5-7H3/t16-,17+. The monoisotopic (exact) mass is 385 g/mol. The molecule has 1 aliphatic heterocycles. The number of hydrogen-bond donors (Lipinski definition) is 1. The molecular weight excluding hydrogens is 350 g/mol. The minimum Gasteiger partial charge on any atom is -0.497 e. The summed E-state index contributed by atoms with van der Waals surface area (Å²) in [6.45, 7) is 15.1. The Bertz CT molecular complexity index is 717. The van der Waals surface area contributed by atoms with E-state index in [-0.39, 0.29) is 5.91 Å². The van der Waals surface area contributed by atoms with Crippen LogP contribution in [-0.4, -0.2) is 50.0 Å². The van der Waals surface area contributed by atoms with Crippen molar-refractivity contribution in [1.29, 1.82) is 0 Å². The highest BCUT2D eigenvalue weighted by Crippen LogP contribution is 2.34. The van der Waals surface area contributed by atoms with Gasteiger partial charge in [0.15, 0.2) is 0 Å². The van der Waals surface area contributed by atoms with E-state index in [1.54, 1.807) is 26.1 Å². The van der Waals surface area contributed by atoms with Crippen LogP contribution in [0, 0.1) is 11.8 Å². The molecule has 0 unspecified atom stereocenters. The van der Waals surface area contributed by atoms with Gasteiger partial charge in [0, 0.05) is 56.3 Å². The molecule has 0 saturated carbocycles. The molecule has 1 aliphatic rings. The van der Waals surface area contributed by atoms with Gasteiger partial charge in [-0.2, -0.15) is 0 Å². The number of carbonyl (C=O) groups is 1. The number of piperidine rings is 1. The molecule has 1 saturated heterocycles. The van der Waals surface area contributed by atoms with Crippen LogP contribution in [0.1, 0.15) is 38.7 Å². The van der Waals surface area contributed by atoms with Crippen molar-refractivity contribution in [3.8, 4) is 5.75 Å². The Morgan fingerprint density at radius 3 is 2.43 bits per heavy atom. The minimum atomic E-state index is 0.0959. The number of benzene rings is 1. The molecule has 1 N–H and O–H groups in total. The molecule has 0 aromatic heterocycles. The first-order valence-corrected chi connectivity index (χ1v) is 9.98. The maximum Gasteiger partial charge on any atom is 0.222 e. The molecule has 1 aromatic carbocycles. The van der Waals surface area contributed by atoms with Crippen LogP contribution in [0.5, 0.6) is 5.75 Å². The Morgan fingerprint density at radius 1 is 1.21 bits per heavy atom. The van der Waals surface area contributed by atoms with Crippen LogP contribution in [-0.2, 0) is 4.79 Å². The molecule has 2 atom stereocenters. The van der Waals surface area contributed by atoms with Gasteiger partial charge in [0.25, 0.3) is 0 Å². The molecule has 0 bridgehead atoms. The average molecular weight is 386 g/mol. The Kier molecular flexibility index (Phi) is 7.55. The first-order valence-electron chi connectivity index (χ1n) is 9.98. The van der Waals surface area contributed by atoms with Gasteiger partial charge in [0.2, 0.25) is 5.91 Å². The maximum absolute atomic E-state index is 11.8. The number of ether oxygens (including phenoxy) is 1. The highest BCUT2D eigenvalue weighted by atomic mass is 16.5. The number of nitrogens with one attached hydrogen (secondary N) is 1. The van der Waals surface area contributed by atoms with Gasteiger partial charge in [-0.15, -0.1) is 0 Å². The number of methoxy groups -OCH3 is 1. The van der Waals surface area contributed by atoms with Crippen molar-refractivity contribution >= 4 is 17.3 Å². The van der Waals surface area contributed by atoms with Gasteiger partial charge in [-0.3, -0.25) is 4.79 Å². The summed E-state index contributed by atoms with van der Waals surface area (Å²) in [6.07, 6.45) is 2.28. The summed E-state index contributed by atoms with van der Waals surface area (Å²) < 4.78 is 5.44. The van der Waals surface area contributed by atoms with Crippen LogP contribution in [0.15, 0.2) is 37.1 Å². The number of carbonyl (C=O) groups excluding carboxylic acids is 1. The van der Waals surface area contributed by atoms with Gasteiger partial charge in [0.05, 0.1) is 7.11 Å². The maximum atomic E-state index is 11.8. The second-order valence-electron chi connectivity index (χ2n) is 8.23. The zero-order valence-electron chi connectivity index (χ0n) is 18.0. The zero-order chi connectivity index (χ0) is 20.8. The number of anilines is 1. The topological polar surface area (TPSA) is 44.8 Å². The lowest BCUT2D eigenvalue weighted by Crippen LogP contribution is -2.37. The summed E-state index contributed by atoms with van der Waals surface area (Å²) in [6, 6.07) is 5.95. The third-order valence-electron chi connectivity index (χ3n) is 5.24. The Labute approximate surface area is 170 Å². The van der Waals surface area contributed by atoms with Crippen LogP contribution >= 0.6 is 0 Å². The van der Waals surface area contributed by atoms with E-state index in [1.807, 2.05) is 18.2 Å². The van der Waals surface area contributed by atoms with E-state index < -0.39 is 0 Å². The van der Waals surface area contributed by atoms with Crippen molar-refractivity contribution in [2.45, 2.75) is 33.1 Å². The normalized spacial score (nSPS) is 19.1. The predicted molar refractivity (Wildman–Crippen MR) is 117 cm³/mol. The summed E-state index contributed by atoms with van der Waals surface area (Å²) >= 11 is 0. The van der Waals surface area contributed by atoms with Crippen LogP contribution in [0.4, 0.5) is 5.69 Å². The summed E-state index contributed by atoms with van der Waals surface area (Å²) in [4.78, 5) is 15.8. The highest BCUT2D eigenvalue weighted by Gasteiger charge is 2.24. The Hall–Kier alpha value is -2.43. The van der Waals surface area contributed by atoms with Crippen molar-refractivity contribution in [1.82, 2.24) is 9.80 Å². The molecule has 28 heavy (non-hydrogen) atoms. The summed E-state index contributed by atoms with van der Waals surface area (Å²) in [5.74, 6) is 2.19. The van der Waals surface area contributed by atoms with E-state index in [0.717, 1.165) is 41.5 Å². The third kappa shape index (κ3) is 5.78. The molecule has 1 amide bonds. The van der Waals surface area contributed by atoms with Crippen molar-refractivity contribution < 1.29 is 9.53 Å². The van der Waals surface area contributed by atoms with Crippen molar-refractivity contribution in [3.63, 3.8) is 0 Å². The number of rotatable bonds is 8. The average Bonchev–Trinajstić information content (AvgIpc) is 2.64. The summed E-state index contributed by atoms with van der Waals surface area (Å²) in [5.41, 5.74) is 3.77. The smallest absolute Gasteiger partial charge is 0.222 e. The number of likely N-dealkylation sites (tertiary alicyclic amines) is 1. The molecule has 5 heteroatoms. The van der Waals surface area contributed by atoms with Crippen molar-refractivity contribution in [3.05, 3.63) is 42.6 Å². The predicted octanol–water partition coefficient (Wildman–Crippen LogP) is 4.44. The number of hydrogen-bond acceptors (Lipinski definition) is 4. The lowest BCUT2D eigenvalue weighted by molar-refractivity contribution is -0.128. The van der Waals surface area contributed by atoms with Gasteiger partial charge in [0.1, 0.15) is 5.75 Å². The Morgan fingerprint density at radius 2 is 1.86 bits per heavy atom. The van der Waals surface area contributed by atoms with E-state index in [4.69, 9.17) is 4.74 Å². The molecular formula is C23H35N3O2. The minimum absolute atomic E-state index is 0.0959. The van der Waals surface area contributed by atoms with Gasteiger partial charge >= 0.3 is 0 Å². The summed E-state index contributed by atoms with van der Waals surface area (Å²) in [7, 11) is 5.21. The zero-order valence-corrected chi connectivity index (χ0v) is 18.0. The van der Waals surface area contributed by atoms with Gasteiger partial charge in [-0.25, -0.2) is 0 Å². The molecule has 1 heterocycles. The molecule has 154 valence electrons. The molecule has 0 aliphatic carbocycles. The first kappa shape index (κ1) is 21.9. The highest BCUT2D eigenvalue weighted by molar-refractivity contribution is 5.77. The van der Waals surface area contributed by atoms with Gasteiger partial charge in [-0.1, -0.05) is 27.0 Å². The van der Waals surface area contributed by atoms with Crippen LogP contribution in [0.25, 0.3) is 5.70 Å². The molecule has 1 aromatic rings. The molecule has 0 spiro atoms. The number of allylic oxidation sites excluding steroid dienone is 1. The fraction of sp³-hybridized carbons (Fsp3) is 0.522. The van der Waals surface area contributed by atoms with Crippen LogP contribution in [0.3, 0.4) is 0 Å². The van der Waals surface area contributed by atoms with Gasteiger partial charge in [-0.05, 0) is 42.9 Å². The van der Waals surface area contributed by atoms with E-state index in [9.17, 15) is 4.79 Å². The third-order valence-corrected chi connectivity index (χ3v) is 5.24. The fourth-order valence-electron chi connectivity index (χ4n) is 3.79. The second kappa shape index (κ2) is 9.67. The van der Waals surface area contributed by atoms with E-state index in [1.165, 1.54) is 6.42 Å².